The zero-order valence-corrected chi connectivity index (χ0v) is 16.0. The topological polar surface area (TPSA) is 84.5 Å². The quantitative estimate of drug-likeness (QED) is 0.741. The monoisotopic (exact) mass is 376 g/mol. The molecule has 0 bridgehead atoms. The van der Waals surface area contributed by atoms with E-state index in [1.165, 1.54) is 12.1 Å². The van der Waals surface area contributed by atoms with Crippen LogP contribution in [0.15, 0.2) is 53.4 Å². The van der Waals surface area contributed by atoms with Gasteiger partial charge in [-0.2, -0.15) is 0 Å². The molecule has 0 radical (unpaired) electrons. The molecule has 0 spiro atoms. The molecular weight excluding hydrogens is 352 g/mol. The molecular formula is C19H24N2O4S. The summed E-state index contributed by atoms with van der Waals surface area (Å²) >= 11 is 0. The summed E-state index contributed by atoms with van der Waals surface area (Å²) in [4.78, 5) is 12.1. The number of aryl methyl sites for hydroxylation is 1. The number of carbonyl (C=O) groups is 1. The second kappa shape index (κ2) is 8.82. The van der Waals surface area contributed by atoms with E-state index in [0.717, 1.165) is 11.3 Å². The lowest BCUT2D eigenvalue weighted by Gasteiger charge is -2.11. The number of nitrogens with one attached hydrogen (secondary N) is 2. The van der Waals surface area contributed by atoms with E-state index in [9.17, 15) is 13.2 Å². The Morgan fingerprint density at radius 3 is 2.23 bits per heavy atom. The molecule has 2 rings (SSSR count). The molecule has 0 aliphatic heterocycles. The fraction of sp³-hybridized carbons (Fsp3) is 0.316. The summed E-state index contributed by atoms with van der Waals surface area (Å²) in [6, 6.07) is 13.5. The molecule has 0 heterocycles. The fourth-order valence-corrected chi connectivity index (χ4v) is 3.47. The van der Waals surface area contributed by atoms with Gasteiger partial charge in [-0.1, -0.05) is 17.7 Å². The fourth-order valence-electron chi connectivity index (χ4n) is 2.22. The van der Waals surface area contributed by atoms with Crippen molar-refractivity contribution in [3.8, 4) is 5.75 Å². The number of amides is 1. The molecule has 2 aromatic rings. The third kappa shape index (κ3) is 6.16. The lowest BCUT2D eigenvalue weighted by Crippen LogP contribution is -2.30. The van der Waals surface area contributed by atoms with Crippen LogP contribution in [0.3, 0.4) is 0 Å². The first-order valence-electron chi connectivity index (χ1n) is 8.38. The van der Waals surface area contributed by atoms with E-state index in [-0.39, 0.29) is 29.9 Å². The Bertz CT molecular complexity index is 829. The van der Waals surface area contributed by atoms with E-state index in [2.05, 4.69) is 10.0 Å². The Morgan fingerprint density at radius 2 is 1.65 bits per heavy atom. The summed E-state index contributed by atoms with van der Waals surface area (Å²) in [7, 11) is -3.54. The van der Waals surface area contributed by atoms with Crippen molar-refractivity contribution >= 4 is 21.6 Å². The zero-order chi connectivity index (χ0) is 19.2. The van der Waals surface area contributed by atoms with E-state index in [1.54, 1.807) is 26.0 Å². The van der Waals surface area contributed by atoms with Crippen LogP contribution in [0.2, 0.25) is 0 Å². The number of sulfonamides is 1. The highest BCUT2D eigenvalue weighted by molar-refractivity contribution is 7.89. The average Bonchev–Trinajstić information content (AvgIpc) is 2.56. The number of rotatable bonds is 8. The highest BCUT2D eigenvalue weighted by Crippen LogP contribution is 2.15. The van der Waals surface area contributed by atoms with Gasteiger partial charge in [0.2, 0.25) is 15.9 Å². The standard InChI is InChI=1S/C19H24N2O4S/c1-14(2)21-26(23,24)18-10-6-16(7-11-18)20-19(22)12-13-25-17-8-4-15(3)5-9-17/h4-11,14,21H,12-13H2,1-3H3,(H,20,22). The Kier molecular flexibility index (Phi) is 6.76. The molecule has 7 heteroatoms. The second-order valence-corrected chi connectivity index (χ2v) is 7.97. The molecule has 0 unspecified atom stereocenters. The molecule has 0 saturated carbocycles. The average molecular weight is 376 g/mol. The van der Waals surface area contributed by atoms with Gasteiger partial charge >= 0.3 is 0 Å². The van der Waals surface area contributed by atoms with E-state index < -0.39 is 10.0 Å². The maximum Gasteiger partial charge on any atom is 0.240 e. The van der Waals surface area contributed by atoms with Gasteiger partial charge in [0.05, 0.1) is 17.9 Å². The van der Waals surface area contributed by atoms with Crippen molar-refractivity contribution in [2.75, 3.05) is 11.9 Å². The largest absolute Gasteiger partial charge is 0.493 e. The van der Waals surface area contributed by atoms with Crippen molar-refractivity contribution in [2.45, 2.75) is 38.1 Å². The molecule has 0 atom stereocenters. The maximum absolute atomic E-state index is 12.1. The Hall–Kier alpha value is -2.38. The van der Waals surface area contributed by atoms with Crippen LogP contribution in [0.5, 0.6) is 5.75 Å². The van der Waals surface area contributed by atoms with E-state index in [0.29, 0.717) is 5.69 Å². The van der Waals surface area contributed by atoms with Crippen molar-refractivity contribution in [3.63, 3.8) is 0 Å². The van der Waals surface area contributed by atoms with Crippen molar-refractivity contribution < 1.29 is 17.9 Å². The molecule has 0 aromatic heterocycles. The molecule has 6 nitrogen and oxygen atoms in total. The number of hydrogen-bond donors (Lipinski definition) is 2. The highest BCUT2D eigenvalue weighted by atomic mass is 32.2. The lowest BCUT2D eigenvalue weighted by atomic mass is 10.2. The SMILES string of the molecule is Cc1ccc(OCCC(=O)Nc2ccc(S(=O)(=O)NC(C)C)cc2)cc1. The van der Waals surface area contributed by atoms with Gasteiger partial charge in [-0.05, 0) is 57.2 Å². The van der Waals surface area contributed by atoms with Gasteiger partial charge in [0, 0.05) is 11.7 Å². The van der Waals surface area contributed by atoms with Crippen molar-refractivity contribution in [3.05, 3.63) is 54.1 Å². The smallest absolute Gasteiger partial charge is 0.240 e. The summed E-state index contributed by atoms with van der Waals surface area (Å²) in [5, 5.41) is 2.72. The molecule has 0 aliphatic rings. The number of benzene rings is 2. The molecule has 0 saturated heterocycles. The number of ether oxygens (including phenoxy) is 1. The lowest BCUT2D eigenvalue weighted by molar-refractivity contribution is -0.116. The summed E-state index contributed by atoms with van der Waals surface area (Å²) in [5.41, 5.74) is 1.68. The molecule has 1 amide bonds. The maximum atomic E-state index is 12.1. The predicted molar refractivity (Wildman–Crippen MR) is 102 cm³/mol. The Morgan fingerprint density at radius 1 is 1.04 bits per heavy atom. The Labute approximate surface area is 154 Å². The first-order chi connectivity index (χ1) is 12.3. The van der Waals surface area contributed by atoms with Crippen LogP contribution in [-0.2, 0) is 14.8 Å². The first kappa shape index (κ1) is 19.9. The van der Waals surface area contributed by atoms with Gasteiger partial charge in [-0.25, -0.2) is 13.1 Å². The van der Waals surface area contributed by atoms with Crippen LogP contribution in [0.25, 0.3) is 0 Å². The second-order valence-electron chi connectivity index (χ2n) is 6.26. The normalized spacial score (nSPS) is 11.4. The van der Waals surface area contributed by atoms with Gasteiger partial charge < -0.3 is 10.1 Å². The van der Waals surface area contributed by atoms with E-state index >= 15 is 0 Å². The van der Waals surface area contributed by atoms with Gasteiger partial charge in [0.25, 0.3) is 0 Å². The van der Waals surface area contributed by atoms with Crippen LogP contribution in [0.4, 0.5) is 5.69 Å². The highest BCUT2D eigenvalue weighted by Gasteiger charge is 2.15. The van der Waals surface area contributed by atoms with Crippen LogP contribution in [-0.4, -0.2) is 27.0 Å². The number of hydrogen-bond acceptors (Lipinski definition) is 4. The van der Waals surface area contributed by atoms with Crippen LogP contribution >= 0.6 is 0 Å². The van der Waals surface area contributed by atoms with Crippen molar-refractivity contribution in [1.82, 2.24) is 4.72 Å². The summed E-state index contributed by atoms with van der Waals surface area (Å²) < 4.78 is 32.1. The molecule has 26 heavy (non-hydrogen) atoms. The summed E-state index contributed by atoms with van der Waals surface area (Å²) in [6.07, 6.45) is 0.197. The molecule has 140 valence electrons. The molecule has 2 aromatic carbocycles. The minimum absolute atomic E-state index is 0.159. The number of carbonyl (C=O) groups excluding carboxylic acids is 1. The summed E-state index contributed by atoms with van der Waals surface area (Å²) in [6.45, 7) is 5.77. The van der Waals surface area contributed by atoms with Gasteiger partial charge in [0.15, 0.2) is 0 Å². The van der Waals surface area contributed by atoms with E-state index in [4.69, 9.17) is 4.74 Å². The molecule has 0 fully saturated rings. The Balaban J connectivity index is 1.84. The number of anilines is 1. The first-order valence-corrected chi connectivity index (χ1v) is 9.86. The molecule has 2 N–H and O–H groups in total. The predicted octanol–water partition coefficient (Wildman–Crippen LogP) is 3.09. The van der Waals surface area contributed by atoms with Gasteiger partial charge in [-0.15, -0.1) is 0 Å². The third-order valence-corrected chi connectivity index (χ3v) is 5.13. The summed E-state index contributed by atoms with van der Waals surface area (Å²) in [5.74, 6) is 0.517. The van der Waals surface area contributed by atoms with E-state index in [1.807, 2.05) is 31.2 Å². The van der Waals surface area contributed by atoms with Crippen LogP contribution < -0.4 is 14.8 Å². The minimum Gasteiger partial charge on any atom is -0.493 e. The zero-order valence-electron chi connectivity index (χ0n) is 15.2. The minimum atomic E-state index is -3.54. The van der Waals surface area contributed by atoms with Crippen LogP contribution in [0.1, 0.15) is 25.8 Å². The molecule has 0 aliphatic carbocycles. The van der Waals surface area contributed by atoms with Gasteiger partial charge in [0.1, 0.15) is 5.75 Å². The third-order valence-electron chi connectivity index (χ3n) is 3.46. The van der Waals surface area contributed by atoms with Crippen LogP contribution in [0, 0.1) is 6.92 Å². The van der Waals surface area contributed by atoms with Crippen molar-refractivity contribution in [1.29, 1.82) is 0 Å². The van der Waals surface area contributed by atoms with Crippen molar-refractivity contribution in [2.24, 2.45) is 0 Å². The van der Waals surface area contributed by atoms with Gasteiger partial charge in [-0.3, -0.25) is 4.79 Å².